The maximum absolute atomic E-state index is 14.3. The van der Waals surface area contributed by atoms with Gasteiger partial charge in [0.05, 0.1) is 29.2 Å². The molecule has 1 atom stereocenters. The molecule has 1 saturated heterocycles. The van der Waals surface area contributed by atoms with Gasteiger partial charge in [0.1, 0.15) is 18.2 Å². The van der Waals surface area contributed by atoms with Crippen molar-refractivity contribution in [1.29, 1.82) is 0 Å². The van der Waals surface area contributed by atoms with E-state index in [2.05, 4.69) is 20.6 Å². The zero-order valence-electron chi connectivity index (χ0n) is 18.3. The third kappa shape index (κ3) is 3.36. The molecule has 1 saturated carbocycles. The van der Waals surface area contributed by atoms with Crippen molar-refractivity contribution in [1.82, 2.24) is 15.3 Å². The Morgan fingerprint density at radius 1 is 1.33 bits per heavy atom. The number of nitrogens with zero attached hydrogens (tertiary/aromatic N) is 1. The Labute approximate surface area is 190 Å². The molecule has 0 radical (unpaired) electrons. The molecule has 1 amide bonds. The summed E-state index contributed by atoms with van der Waals surface area (Å²) in [6.45, 7) is 3.54. The molecule has 8 heteroatoms. The highest BCUT2D eigenvalue weighted by Gasteiger charge is 2.51. The molecule has 3 aromatic rings. The van der Waals surface area contributed by atoms with Gasteiger partial charge in [-0.1, -0.05) is 6.07 Å². The molecule has 170 valence electrons. The Balaban J connectivity index is 1.48. The third-order valence-electron chi connectivity index (χ3n) is 7.00. The van der Waals surface area contributed by atoms with Gasteiger partial charge in [0.25, 0.3) is 5.91 Å². The molecular weight excluding hydrogens is 423 g/mol. The number of aromatic nitrogens is 2. The zero-order chi connectivity index (χ0) is 22.6. The van der Waals surface area contributed by atoms with Crippen LogP contribution in [0.3, 0.4) is 0 Å². The second-order valence-electron chi connectivity index (χ2n) is 9.09. The number of carbonyl (C=O) groups is 1. The fourth-order valence-corrected chi connectivity index (χ4v) is 4.63. The third-order valence-corrected chi connectivity index (χ3v) is 7.00. The van der Waals surface area contributed by atoms with E-state index in [0.717, 1.165) is 42.8 Å². The van der Waals surface area contributed by atoms with Crippen molar-refractivity contribution >= 4 is 17.3 Å². The molecule has 6 rings (SSSR count). The molecular formula is C25H25FN4O3. The largest absolute Gasteiger partial charge is 0.489 e. The van der Waals surface area contributed by atoms with Crippen LogP contribution in [-0.4, -0.2) is 41.7 Å². The smallest absolute Gasteiger partial charge is 0.255 e. The summed E-state index contributed by atoms with van der Waals surface area (Å²) in [5, 5.41) is 6.41. The van der Waals surface area contributed by atoms with Gasteiger partial charge < -0.3 is 25.1 Å². The van der Waals surface area contributed by atoms with Gasteiger partial charge in [-0.2, -0.15) is 0 Å². The number of nitrogens with one attached hydrogen (secondary N) is 3. The van der Waals surface area contributed by atoms with E-state index in [1.165, 1.54) is 6.07 Å². The average molecular weight is 448 g/mol. The molecule has 1 spiro atoms. The van der Waals surface area contributed by atoms with Crippen LogP contribution in [0.15, 0.2) is 36.7 Å². The van der Waals surface area contributed by atoms with E-state index in [1.807, 2.05) is 12.1 Å². The molecule has 1 aliphatic carbocycles. The lowest BCUT2D eigenvalue weighted by Crippen LogP contribution is -2.39. The number of pyridine rings is 1. The number of halogens is 1. The predicted molar refractivity (Wildman–Crippen MR) is 122 cm³/mol. The molecule has 2 fully saturated rings. The second-order valence-corrected chi connectivity index (χ2v) is 9.09. The number of H-pyrrole nitrogens is 1. The topological polar surface area (TPSA) is 88.3 Å². The zero-order valence-corrected chi connectivity index (χ0v) is 18.3. The minimum atomic E-state index is -0.303. The highest BCUT2D eigenvalue weighted by atomic mass is 19.1. The summed E-state index contributed by atoms with van der Waals surface area (Å²) in [5.74, 6) is 0.166. The number of rotatable bonds is 6. The molecule has 2 aliphatic heterocycles. The molecule has 2 aromatic heterocycles. The highest BCUT2D eigenvalue weighted by Crippen LogP contribution is 2.54. The summed E-state index contributed by atoms with van der Waals surface area (Å²) in [4.78, 5) is 20.8. The monoisotopic (exact) mass is 448 g/mol. The first-order chi connectivity index (χ1) is 16.1. The van der Waals surface area contributed by atoms with Gasteiger partial charge >= 0.3 is 0 Å². The van der Waals surface area contributed by atoms with E-state index < -0.39 is 0 Å². The quantitative estimate of drug-likeness (QED) is 0.526. The van der Waals surface area contributed by atoms with Crippen LogP contribution in [0.2, 0.25) is 0 Å². The Bertz CT molecular complexity index is 1250. The maximum atomic E-state index is 14.3. The molecule has 33 heavy (non-hydrogen) atoms. The van der Waals surface area contributed by atoms with E-state index in [4.69, 9.17) is 9.47 Å². The molecule has 0 unspecified atom stereocenters. The number of benzene rings is 1. The summed E-state index contributed by atoms with van der Waals surface area (Å²) in [5.41, 5.74) is 4.70. The fraction of sp³-hybridized carbons (Fsp3) is 0.360. The number of hydrogen-bond donors (Lipinski definition) is 3. The summed E-state index contributed by atoms with van der Waals surface area (Å²) in [7, 11) is 0. The minimum absolute atomic E-state index is 0.0667. The van der Waals surface area contributed by atoms with Crippen LogP contribution in [0.4, 0.5) is 15.8 Å². The summed E-state index contributed by atoms with van der Waals surface area (Å²) in [6, 6.07) is 6.77. The van der Waals surface area contributed by atoms with Gasteiger partial charge in [0, 0.05) is 53.7 Å². The van der Waals surface area contributed by atoms with E-state index in [-0.39, 0.29) is 23.2 Å². The number of amides is 1. The van der Waals surface area contributed by atoms with E-state index in [0.29, 0.717) is 41.4 Å². The second kappa shape index (κ2) is 7.59. The Morgan fingerprint density at radius 2 is 2.18 bits per heavy atom. The SMILES string of the molecule is Cc1c(F)cccc1Nc1c(-c2ccncc2OC[C@@H]2CCO2)[nH]c2c1C(=O)NCC21CC1. The van der Waals surface area contributed by atoms with Crippen molar-refractivity contribution < 1.29 is 18.7 Å². The van der Waals surface area contributed by atoms with Crippen molar-refractivity contribution in [3.63, 3.8) is 0 Å². The van der Waals surface area contributed by atoms with Crippen LogP contribution in [0.25, 0.3) is 11.3 Å². The number of aromatic amines is 1. The van der Waals surface area contributed by atoms with Crippen LogP contribution in [0.1, 0.15) is 40.9 Å². The van der Waals surface area contributed by atoms with Crippen molar-refractivity contribution in [3.05, 3.63) is 59.3 Å². The molecule has 4 heterocycles. The number of carbonyl (C=O) groups excluding carboxylic acids is 1. The van der Waals surface area contributed by atoms with Crippen molar-refractivity contribution in [2.75, 3.05) is 25.1 Å². The van der Waals surface area contributed by atoms with Crippen molar-refractivity contribution in [3.8, 4) is 17.0 Å². The number of ether oxygens (including phenoxy) is 2. The van der Waals surface area contributed by atoms with E-state index in [1.54, 1.807) is 25.4 Å². The standard InChI is InChI=1S/C25H25FN4O3/c1-14-17(26)3-2-4-18(14)29-22-20-23(25(7-8-25)13-28-24(20)31)30-21(22)16-5-9-27-11-19(16)33-12-15-6-10-32-15/h2-5,9,11,15,29-30H,6-8,10,12-13H2,1H3,(H,28,31)/t15-/m0/s1. The van der Waals surface area contributed by atoms with Gasteiger partial charge in [-0.05, 0) is 38.0 Å². The Hall–Kier alpha value is -3.39. The normalized spacial score (nSPS) is 20.1. The van der Waals surface area contributed by atoms with Crippen LogP contribution >= 0.6 is 0 Å². The minimum Gasteiger partial charge on any atom is -0.489 e. The first kappa shape index (κ1) is 20.2. The van der Waals surface area contributed by atoms with E-state index >= 15 is 0 Å². The summed E-state index contributed by atoms with van der Waals surface area (Å²) < 4.78 is 25.9. The summed E-state index contributed by atoms with van der Waals surface area (Å²) in [6.07, 6.45) is 6.46. The van der Waals surface area contributed by atoms with Crippen LogP contribution in [-0.2, 0) is 10.2 Å². The van der Waals surface area contributed by atoms with Gasteiger partial charge in [0.2, 0.25) is 0 Å². The van der Waals surface area contributed by atoms with Gasteiger partial charge in [-0.15, -0.1) is 0 Å². The molecule has 3 aliphatic rings. The van der Waals surface area contributed by atoms with Gasteiger partial charge in [-0.25, -0.2) is 4.39 Å². The molecule has 0 bridgehead atoms. The van der Waals surface area contributed by atoms with Crippen LogP contribution in [0, 0.1) is 12.7 Å². The van der Waals surface area contributed by atoms with Crippen molar-refractivity contribution in [2.24, 2.45) is 0 Å². The summed E-state index contributed by atoms with van der Waals surface area (Å²) >= 11 is 0. The predicted octanol–water partition coefficient (Wildman–Crippen LogP) is 4.21. The number of fused-ring (bicyclic) bond motifs is 2. The molecule has 1 aromatic carbocycles. The lowest BCUT2D eigenvalue weighted by molar-refractivity contribution is -0.0720. The van der Waals surface area contributed by atoms with Crippen molar-refractivity contribution in [2.45, 2.75) is 37.7 Å². The first-order valence-electron chi connectivity index (χ1n) is 11.3. The number of anilines is 2. The first-order valence-corrected chi connectivity index (χ1v) is 11.3. The Morgan fingerprint density at radius 3 is 2.94 bits per heavy atom. The molecule has 3 N–H and O–H groups in total. The highest BCUT2D eigenvalue weighted by molar-refractivity contribution is 6.07. The fourth-order valence-electron chi connectivity index (χ4n) is 4.63. The average Bonchev–Trinajstić information content (AvgIpc) is 3.46. The lowest BCUT2D eigenvalue weighted by Gasteiger charge is -2.26. The Kier molecular flexibility index (Phi) is 4.65. The number of hydrogen-bond acceptors (Lipinski definition) is 5. The van der Waals surface area contributed by atoms with Crippen LogP contribution < -0.4 is 15.4 Å². The van der Waals surface area contributed by atoms with E-state index in [9.17, 15) is 9.18 Å². The maximum Gasteiger partial charge on any atom is 0.255 e. The van der Waals surface area contributed by atoms with Gasteiger partial charge in [0.15, 0.2) is 0 Å². The van der Waals surface area contributed by atoms with Gasteiger partial charge in [-0.3, -0.25) is 9.78 Å². The lowest BCUT2D eigenvalue weighted by atomic mass is 9.93. The van der Waals surface area contributed by atoms with Crippen LogP contribution in [0.5, 0.6) is 5.75 Å². The molecule has 7 nitrogen and oxygen atoms in total.